The number of nitrogens with zero attached hydrogens (tertiary/aromatic N) is 1. The minimum Gasteiger partial charge on any atom is -0.355 e. The summed E-state index contributed by atoms with van der Waals surface area (Å²) in [5.74, 6) is 0.0614. The molecule has 1 N–H and O–H groups in total. The van der Waals surface area contributed by atoms with E-state index >= 15 is 0 Å². The van der Waals surface area contributed by atoms with Crippen LogP contribution in [0.2, 0.25) is 0 Å². The van der Waals surface area contributed by atoms with E-state index in [1.54, 1.807) is 11.3 Å². The highest BCUT2D eigenvalue weighted by molar-refractivity contribution is 7.09. The summed E-state index contributed by atoms with van der Waals surface area (Å²) in [4.78, 5) is 27.7. The molecule has 1 saturated heterocycles. The zero-order valence-corrected chi connectivity index (χ0v) is 13.7. The molecule has 0 spiro atoms. The standard InChI is InChI=1S/C17H24N2O2S/c20-16-11-13(12-19(16)14-5-2-1-3-6-14)17(21)18-9-8-15-7-4-10-22-15/h4,7,10,13-14H,1-3,5-6,8-9,11-12H2,(H,18,21). The maximum atomic E-state index is 12.3. The molecule has 3 rings (SSSR count). The summed E-state index contributed by atoms with van der Waals surface area (Å²) in [7, 11) is 0. The molecule has 2 amide bonds. The van der Waals surface area contributed by atoms with Crippen LogP contribution in [-0.2, 0) is 16.0 Å². The van der Waals surface area contributed by atoms with Gasteiger partial charge in [-0.1, -0.05) is 25.3 Å². The fourth-order valence-electron chi connectivity index (χ4n) is 3.56. The van der Waals surface area contributed by atoms with Gasteiger partial charge in [-0.15, -0.1) is 11.3 Å². The maximum Gasteiger partial charge on any atom is 0.225 e. The van der Waals surface area contributed by atoms with Gasteiger partial charge in [-0.05, 0) is 30.7 Å². The van der Waals surface area contributed by atoms with Crippen LogP contribution in [0.1, 0.15) is 43.4 Å². The fourth-order valence-corrected chi connectivity index (χ4v) is 4.27. The lowest BCUT2D eigenvalue weighted by atomic mass is 9.94. The highest BCUT2D eigenvalue weighted by atomic mass is 32.1. The molecule has 1 aromatic heterocycles. The average Bonchev–Trinajstić information content (AvgIpc) is 3.17. The Kier molecular flexibility index (Phi) is 5.13. The van der Waals surface area contributed by atoms with Gasteiger partial charge in [0.1, 0.15) is 0 Å². The van der Waals surface area contributed by atoms with E-state index in [1.807, 2.05) is 11.0 Å². The molecule has 1 aliphatic heterocycles. The first-order chi connectivity index (χ1) is 10.7. The number of hydrogen-bond acceptors (Lipinski definition) is 3. The highest BCUT2D eigenvalue weighted by Gasteiger charge is 2.37. The second-order valence-electron chi connectivity index (χ2n) is 6.36. The third-order valence-corrected chi connectivity index (χ3v) is 5.73. The minimum absolute atomic E-state index is 0.0446. The third kappa shape index (κ3) is 3.69. The van der Waals surface area contributed by atoms with Gasteiger partial charge in [0.05, 0.1) is 5.92 Å². The lowest BCUT2D eigenvalue weighted by Gasteiger charge is -2.31. The lowest BCUT2D eigenvalue weighted by molar-refractivity contribution is -0.130. The number of nitrogens with one attached hydrogen (secondary N) is 1. The Morgan fingerprint density at radius 3 is 2.86 bits per heavy atom. The van der Waals surface area contributed by atoms with E-state index in [0.717, 1.165) is 19.3 Å². The molecule has 5 heteroatoms. The van der Waals surface area contributed by atoms with E-state index in [4.69, 9.17) is 0 Å². The summed E-state index contributed by atoms with van der Waals surface area (Å²) in [5, 5.41) is 5.05. The van der Waals surface area contributed by atoms with E-state index in [2.05, 4.69) is 16.8 Å². The van der Waals surface area contributed by atoms with Gasteiger partial charge in [0.15, 0.2) is 0 Å². The second kappa shape index (κ2) is 7.27. The first-order valence-electron chi connectivity index (χ1n) is 8.33. The fraction of sp³-hybridized carbons (Fsp3) is 0.647. The quantitative estimate of drug-likeness (QED) is 0.906. The van der Waals surface area contributed by atoms with E-state index in [1.165, 1.54) is 24.1 Å². The summed E-state index contributed by atoms with van der Waals surface area (Å²) >= 11 is 1.71. The van der Waals surface area contributed by atoms with Crippen molar-refractivity contribution in [3.05, 3.63) is 22.4 Å². The van der Waals surface area contributed by atoms with Crippen LogP contribution in [0.5, 0.6) is 0 Å². The van der Waals surface area contributed by atoms with Crippen LogP contribution in [0.15, 0.2) is 17.5 Å². The molecular formula is C17H24N2O2S. The first kappa shape index (κ1) is 15.5. The van der Waals surface area contributed by atoms with Gasteiger partial charge >= 0.3 is 0 Å². The molecule has 1 aromatic rings. The number of thiophene rings is 1. The Morgan fingerprint density at radius 1 is 1.32 bits per heavy atom. The molecule has 22 heavy (non-hydrogen) atoms. The minimum atomic E-state index is -0.155. The molecule has 4 nitrogen and oxygen atoms in total. The molecule has 1 atom stereocenters. The van der Waals surface area contributed by atoms with Gasteiger partial charge in [0.2, 0.25) is 11.8 Å². The average molecular weight is 320 g/mol. The maximum absolute atomic E-state index is 12.3. The number of carbonyl (C=O) groups excluding carboxylic acids is 2. The molecule has 120 valence electrons. The summed E-state index contributed by atoms with van der Waals surface area (Å²) in [6, 6.07) is 4.49. The van der Waals surface area contributed by atoms with Gasteiger partial charge in [0.25, 0.3) is 0 Å². The second-order valence-corrected chi connectivity index (χ2v) is 7.39. The van der Waals surface area contributed by atoms with Crippen LogP contribution >= 0.6 is 11.3 Å². The van der Waals surface area contributed by atoms with Gasteiger partial charge < -0.3 is 10.2 Å². The summed E-state index contributed by atoms with van der Waals surface area (Å²) in [6.45, 7) is 1.28. The molecule has 1 aliphatic carbocycles. The van der Waals surface area contributed by atoms with Crippen molar-refractivity contribution in [2.24, 2.45) is 5.92 Å². The number of rotatable bonds is 5. The molecular weight excluding hydrogens is 296 g/mol. The van der Waals surface area contributed by atoms with Gasteiger partial charge in [-0.25, -0.2) is 0 Å². The van der Waals surface area contributed by atoms with Crippen LogP contribution in [-0.4, -0.2) is 35.8 Å². The van der Waals surface area contributed by atoms with Crippen molar-refractivity contribution in [3.63, 3.8) is 0 Å². The largest absolute Gasteiger partial charge is 0.355 e. The van der Waals surface area contributed by atoms with Crippen LogP contribution in [0.25, 0.3) is 0 Å². The van der Waals surface area contributed by atoms with Crippen LogP contribution in [0.4, 0.5) is 0 Å². The molecule has 0 bridgehead atoms. The molecule has 1 saturated carbocycles. The topological polar surface area (TPSA) is 49.4 Å². The molecule has 0 radical (unpaired) electrons. The Balaban J connectivity index is 1.46. The van der Waals surface area contributed by atoms with Crippen molar-refractivity contribution in [1.82, 2.24) is 10.2 Å². The number of carbonyl (C=O) groups is 2. The Morgan fingerprint density at radius 2 is 2.14 bits per heavy atom. The van der Waals surface area contributed by atoms with Crippen molar-refractivity contribution in [2.75, 3.05) is 13.1 Å². The molecule has 2 heterocycles. The Labute approximate surface area is 135 Å². The SMILES string of the molecule is O=C(NCCc1cccs1)C1CC(=O)N(C2CCCCC2)C1. The Bertz CT molecular complexity index is 509. The van der Waals surface area contributed by atoms with E-state index in [-0.39, 0.29) is 17.7 Å². The number of hydrogen-bond donors (Lipinski definition) is 1. The zero-order chi connectivity index (χ0) is 15.4. The van der Waals surface area contributed by atoms with Crippen LogP contribution in [0.3, 0.4) is 0 Å². The van der Waals surface area contributed by atoms with Crippen molar-refractivity contribution < 1.29 is 9.59 Å². The predicted molar refractivity (Wildman–Crippen MR) is 87.7 cm³/mol. The van der Waals surface area contributed by atoms with Crippen molar-refractivity contribution in [2.45, 2.75) is 51.0 Å². The number of likely N-dealkylation sites (tertiary alicyclic amines) is 1. The van der Waals surface area contributed by atoms with E-state index < -0.39 is 0 Å². The lowest BCUT2D eigenvalue weighted by Crippen LogP contribution is -2.39. The van der Waals surface area contributed by atoms with Gasteiger partial charge in [-0.3, -0.25) is 9.59 Å². The van der Waals surface area contributed by atoms with Gasteiger partial charge in [0, 0.05) is 30.4 Å². The summed E-state index contributed by atoms with van der Waals surface area (Å²) in [6.07, 6.45) is 7.19. The molecule has 0 aromatic carbocycles. The summed E-state index contributed by atoms with van der Waals surface area (Å²) in [5.41, 5.74) is 0. The molecule has 2 fully saturated rings. The van der Waals surface area contributed by atoms with Crippen LogP contribution < -0.4 is 5.32 Å². The smallest absolute Gasteiger partial charge is 0.225 e. The monoisotopic (exact) mass is 320 g/mol. The zero-order valence-electron chi connectivity index (χ0n) is 12.9. The molecule has 1 unspecified atom stereocenters. The first-order valence-corrected chi connectivity index (χ1v) is 9.21. The van der Waals surface area contributed by atoms with Gasteiger partial charge in [-0.2, -0.15) is 0 Å². The third-order valence-electron chi connectivity index (χ3n) is 4.80. The van der Waals surface area contributed by atoms with Crippen molar-refractivity contribution >= 4 is 23.2 Å². The predicted octanol–water partition coefficient (Wildman–Crippen LogP) is 2.59. The van der Waals surface area contributed by atoms with E-state index in [0.29, 0.717) is 25.6 Å². The Hall–Kier alpha value is -1.36. The van der Waals surface area contributed by atoms with E-state index in [9.17, 15) is 9.59 Å². The van der Waals surface area contributed by atoms with Crippen molar-refractivity contribution in [1.29, 1.82) is 0 Å². The molecule has 2 aliphatic rings. The van der Waals surface area contributed by atoms with Crippen LogP contribution in [0, 0.1) is 5.92 Å². The number of amides is 2. The van der Waals surface area contributed by atoms with Crippen molar-refractivity contribution in [3.8, 4) is 0 Å². The summed E-state index contributed by atoms with van der Waals surface area (Å²) < 4.78 is 0. The highest BCUT2D eigenvalue weighted by Crippen LogP contribution is 2.28. The normalized spacial score (nSPS) is 23.0.